The summed E-state index contributed by atoms with van der Waals surface area (Å²) in [5.74, 6) is 1.98. The average molecular weight is 314 g/mol. The van der Waals surface area contributed by atoms with Gasteiger partial charge in [0, 0.05) is 11.0 Å². The molecule has 1 aromatic carbocycles. The summed E-state index contributed by atoms with van der Waals surface area (Å²) >= 11 is 0. The summed E-state index contributed by atoms with van der Waals surface area (Å²) in [5.41, 5.74) is 2.98. The van der Waals surface area contributed by atoms with Gasteiger partial charge in [0.1, 0.15) is 5.75 Å². The first-order valence-electron chi connectivity index (χ1n) is 8.63. The number of rotatable bonds is 6. The Morgan fingerprint density at radius 2 is 1.74 bits per heavy atom. The van der Waals surface area contributed by atoms with Crippen LogP contribution in [0.4, 0.5) is 0 Å². The molecular weight excluding hydrogens is 284 g/mol. The van der Waals surface area contributed by atoms with Gasteiger partial charge in [-0.2, -0.15) is 0 Å². The summed E-state index contributed by atoms with van der Waals surface area (Å²) in [4.78, 5) is 0. The second kappa shape index (κ2) is 8.24. The predicted molar refractivity (Wildman–Crippen MR) is 96.9 cm³/mol. The maximum Gasteiger partial charge on any atom is 0.122 e. The third-order valence-electron chi connectivity index (χ3n) is 5.03. The molecule has 0 bridgehead atoms. The minimum Gasteiger partial charge on any atom is -0.501 e. The second-order valence-corrected chi connectivity index (χ2v) is 6.71. The summed E-state index contributed by atoms with van der Waals surface area (Å²) in [7, 11) is 3.50. The van der Waals surface area contributed by atoms with Crippen LogP contribution < -0.4 is 4.74 Å². The molecule has 1 aromatic rings. The molecule has 0 saturated heterocycles. The van der Waals surface area contributed by atoms with Gasteiger partial charge in [0.05, 0.1) is 20.0 Å². The number of hydrogen-bond acceptors (Lipinski definition) is 2. The van der Waals surface area contributed by atoms with E-state index in [0.29, 0.717) is 0 Å². The van der Waals surface area contributed by atoms with Gasteiger partial charge in [-0.3, -0.25) is 0 Å². The molecule has 0 spiro atoms. The van der Waals surface area contributed by atoms with Crippen LogP contribution in [0.1, 0.15) is 57.9 Å². The maximum atomic E-state index is 5.67. The van der Waals surface area contributed by atoms with Gasteiger partial charge >= 0.3 is 0 Å². The van der Waals surface area contributed by atoms with Crippen LogP contribution in [-0.2, 0) is 10.2 Å². The molecule has 2 nitrogen and oxygen atoms in total. The molecule has 0 aromatic heterocycles. The van der Waals surface area contributed by atoms with Crippen LogP contribution in [0.5, 0.6) is 5.75 Å². The van der Waals surface area contributed by atoms with Gasteiger partial charge in [-0.05, 0) is 45.3 Å². The van der Waals surface area contributed by atoms with Crippen molar-refractivity contribution in [1.29, 1.82) is 0 Å². The Balaban J connectivity index is 2.33. The van der Waals surface area contributed by atoms with E-state index >= 15 is 0 Å². The third kappa shape index (κ3) is 4.40. The van der Waals surface area contributed by atoms with E-state index in [1.807, 2.05) is 6.92 Å². The minimum atomic E-state index is 0.209. The van der Waals surface area contributed by atoms with Crippen molar-refractivity contribution in [1.82, 2.24) is 0 Å². The molecule has 1 aliphatic carbocycles. The zero-order valence-electron chi connectivity index (χ0n) is 15.0. The highest BCUT2D eigenvalue weighted by Gasteiger charge is 2.36. The van der Waals surface area contributed by atoms with E-state index in [1.165, 1.54) is 43.2 Å². The van der Waals surface area contributed by atoms with Crippen LogP contribution in [-0.4, -0.2) is 14.2 Å². The lowest BCUT2D eigenvalue weighted by atomic mass is 9.66. The molecule has 1 fully saturated rings. The molecule has 23 heavy (non-hydrogen) atoms. The Labute approximate surface area is 141 Å². The summed E-state index contributed by atoms with van der Waals surface area (Å²) < 4.78 is 10.9. The first kappa shape index (κ1) is 17.7. The van der Waals surface area contributed by atoms with Gasteiger partial charge in [-0.25, -0.2) is 0 Å². The van der Waals surface area contributed by atoms with E-state index < -0.39 is 0 Å². The Morgan fingerprint density at radius 3 is 2.39 bits per heavy atom. The van der Waals surface area contributed by atoms with E-state index in [0.717, 1.165) is 17.9 Å². The van der Waals surface area contributed by atoms with E-state index in [4.69, 9.17) is 9.47 Å². The molecule has 0 atom stereocenters. The molecule has 0 radical (unpaired) electrons. The van der Waals surface area contributed by atoms with Gasteiger partial charge in [0.15, 0.2) is 0 Å². The molecule has 126 valence electrons. The largest absolute Gasteiger partial charge is 0.501 e. The highest BCUT2D eigenvalue weighted by Crippen LogP contribution is 2.47. The second-order valence-electron chi connectivity index (χ2n) is 6.71. The van der Waals surface area contributed by atoms with E-state index in [2.05, 4.69) is 43.3 Å². The molecule has 1 saturated carbocycles. The Kier molecular flexibility index (Phi) is 6.32. The average Bonchev–Trinajstić information content (AvgIpc) is 2.60. The number of para-hydroxylation sites is 1. The number of methoxy groups -OCH3 is 2. The Bertz CT molecular complexity index is 563. The van der Waals surface area contributed by atoms with Gasteiger partial charge in [-0.1, -0.05) is 49.1 Å². The zero-order valence-corrected chi connectivity index (χ0v) is 15.0. The SMILES string of the molecule is CO/C(C)=C/C=C(\C)CC1(c2ccccc2OC)CCCCC1. The van der Waals surface area contributed by atoms with Crippen LogP contribution in [0.25, 0.3) is 0 Å². The summed E-state index contributed by atoms with van der Waals surface area (Å²) in [6.45, 7) is 4.21. The molecule has 0 aliphatic heterocycles. The standard InChI is InChI=1S/C21H30O2/c1-17(12-13-18(2)22-3)16-21(14-8-5-9-15-21)19-10-6-7-11-20(19)23-4/h6-7,10-13H,5,8-9,14-16H2,1-4H3/b17-12+,18-13+. The lowest BCUT2D eigenvalue weighted by Crippen LogP contribution is -2.30. The van der Waals surface area contributed by atoms with Crippen molar-refractivity contribution in [3.63, 3.8) is 0 Å². The fourth-order valence-electron chi connectivity index (χ4n) is 3.77. The summed E-state index contributed by atoms with van der Waals surface area (Å²) in [6.07, 6.45) is 11.8. The first-order valence-corrected chi connectivity index (χ1v) is 8.63. The van der Waals surface area contributed by atoms with Crippen molar-refractivity contribution in [2.75, 3.05) is 14.2 Å². The minimum absolute atomic E-state index is 0.209. The Hall–Kier alpha value is -1.70. The topological polar surface area (TPSA) is 18.5 Å². The van der Waals surface area contributed by atoms with Crippen molar-refractivity contribution in [2.45, 2.75) is 57.8 Å². The highest BCUT2D eigenvalue weighted by atomic mass is 16.5. The molecule has 0 heterocycles. The molecule has 0 unspecified atom stereocenters. The maximum absolute atomic E-state index is 5.67. The van der Waals surface area contributed by atoms with Gasteiger partial charge in [0.2, 0.25) is 0 Å². The molecular formula is C21H30O2. The molecule has 2 heteroatoms. The van der Waals surface area contributed by atoms with Crippen molar-refractivity contribution in [3.05, 3.63) is 53.3 Å². The zero-order chi connectivity index (χ0) is 16.7. The van der Waals surface area contributed by atoms with E-state index in [-0.39, 0.29) is 5.41 Å². The van der Waals surface area contributed by atoms with Gasteiger partial charge in [0.25, 0.3) is 0 Å². The normalized spacial score (nSPS) is 18.6. The molecule has 0 amide bonds. The van der Waals surface area contributed by atoms with Crippen molar-refractivity contribution in [3.8, 4) is 5.75 Å². The fourth-order valence-corrected chi connectivity index (χ4v) is 3.77. The van der Waals surface area contributed by atoms with E-state index in [1.54, 1.807) is 14.2 Å². The van der Waals surface area contributed by atoms with Gasteiger partial charge in [-0.15, -0.1) is 0 Å². The number of allylic oxidation sites excluding steroid dienone is 4. The van der Waals surface area contributed by atoms with Gasteiger partial charge < -0.3 is 9.47 Å². The number of ether oxygens (including phenoxy) is 2. The van der Waals surface area contributed by atoms with Crippen LogP contribution in [0.15, 0.2) is 47.7 Å². The van der Waals surface area contributed by atoms with Crippen LogP contribution >= 0.6 is 0 Å². The van der Waals surface area contributed by atoms with Crippen LogP contribution in [0.2, 0.25) is 0 Å². The summed E-state index contributed by atoms with van der Waals surface area (Å²) in [5, 5.41) is 0. The Morgan fingerprint density at radius 1 is 1.04 bits per heavy atom. The fraction of sp³-hybridized carbons (Fsp3) is 0.524. The van der Waals surface area contributed by atoms with Crippen LogP contribution in [0.3, 0.4) is 0 Å². The molecule has 2 rings (SSSR count). The predicted octanol–water partition coefficient (Wildman–Crippen LogP) is 5.78. The lowest BCUT2D eigenvalue weighted by molar-refractivity contribution is 0.278. The van der Waals surface area contributed by atoms with Crippen molar-refractivity contribution >= 4 is 0 Å². The van der Waals surface area contributed by atoms with E-state index in [9.17, 15) is 0 Å². The van der Waals surface area contributed by atoms with Crippen molar-refractivity contribution < 1.29 is 9.47 Å². The highest BCUT2D eigenvalue weighted by molar-refractivity contribution is 5.41. The quantitative estimate of drug-likeness (QED) is 0.489. The number of hydrogen-bond donors (Lipinski definition) is 0. The first-order chi connectivity index (χ1) is 11.1. The van der Waals surface area contributed by atoms with Crippen LogP contribution in [0, 0.1) is 0 Å². The smallest absolute Gasteiger partial charge is 0.122 e. The summed E-state index contributed by atoms with van der Waals surface area (Å²) in [6, 6.07) is 8.56. The molecule has 1 aliphatic rings. The lowest BCUT2D eigenvalue weighted by Gasteiger charge is -2.39. The number of benzene rings is 1. The van der Waals surface area contributed by atoms with Crippen molar-refractivity contribution in [2.24, 2.45) is 0 Å². The third-order valence-corrected chi connectivity index (χ3v) is 5.03. The monoisotopic (exact) mass is 314 g/mol. The molecule has 0 N–H and O–H groups in total.